The number of ether oxygens (including phenoxy) is 1. The van der Waals surface area contributed by atoms with Gasteiger partial charge in [0.1, 0.15) is 17.5 Å². The number of likely N-dealkylation sites (N-methyl/N-ethyl adjacent to an activating group) is 1. The predicted molar refractivity (Wildman–Crippen MR) is 116 cm³/mol. The number of hydrogen-bond acceptors (Lipinski definition) is 4. The molecule has 9 heteroatoms. The van der Waals surface area contributed by atoms with Gasteiger partial charge in [-0.2, -0.15) is 0 Å². The maximum absolute atomic E-state index is 14.0. The van der Waals surface area contributed by atoms with E-state index in [1.54, 1.807) is 49.9 Å². The number of nitrogens with one attached hydrogen (secondary N) is 1. The van der Waals surface area contributed by atoms with Crippen LogP contribution in [0.5, 0.6) is 0 Å². The SMILES string of the molecule is CN1C(=O)[C@H](NC(=O)OC(C)(C)C)CN(c2cc(Cl)cc(Cl)c2)c2ccc(F)cc21. The van der Waals surface area contributed by atoms with Gasteiger partial charge in [0.2, 0.25) is 0 Å². The Labute approximate surface area is 184 Å². The van der Waals surface area contributed by atoms with Crippen molar-refractivity contribution in [2.75, 3.05) is 23.4 Å². The molecule has 1 N–H and O–H groups in total. The van der Waals surface area contributed by atoms with Gasteiger partial charge >= 0.3 is 6.09 Å². The summed E-state index contributed by atoms with van der Waals surface area (Å²) in [5.41, 5.74) is 0.791. The zero-order valence-electron chi connectivity index (χ0n) is 17.0. The lowest BCUT2D eigenvalue weighted by Crippen LogP contribution is -2.51. The third kappa shape index (κ3) is 4.96. The molecule has 0 spiro atoms. The molecule has 160 valence electrons. The molecule has 0 bridgehead atoms. The van der Waals surface area contributed by atoms with E-state index in [4.69, 9.17) is 27.9 Å². The quantitative estimate of drug-likeness (QED) is 0.683. The average molecular weight is 454 g/mol. The fourth-order valence-electron chi connectivity index (χ4n) is 3.20. The summed E-state index contributed by atoms with van der Waals surface area (Å²) in [6.45, 7) is 5.25. The van der Waals surface area contributed by atoms with Crippen molar-refractivity contribution in [1.29, 1.82) is 0 Å². The average Bonchev–Trinajstić information content (AvgIpc) is 2.70. The summed E-state index contributed by atoms with van der Waals surface area (Å²) in [6, 6.07) is 8.13. The van der Waals surface area contributed by atoms with Crippen molar-refractivity contribution in [3.05, 3.63) is 52.3 Å². The number of alkyl carbamates (subject to hydrolysis) is 1. The molecule has 3 rings (SSSR count). The number of anilines is 3. The molecule has 2 amide bonds. The van der Waals surface area contributed by atoms with Crippen molar-refractivity contribution in [3.63, 3.8) is 0 Å². The molecular formula is C21H22Cl2FN3O3. The Morgan fingerprint density at radius 3 is 2.37 bits per heavy atom. The maximum Gasteiger partial charge on any atom is 0.408 e. The van der Waals surface area contributed by atoms with Gasteiger partial charge in [-0.15, -0.1) is 0 Å². The molecule has 0 fully saturated rings. The van der Waals surface area contributed by atoms with Crippen LogP contribution in [-0.2, 0) is 9.53 Å². The van der Waals surface area contributed by atoms with Gasteiger partial charge in [-0.3, -0.25) is 4.79 Å². The summed E-state index contributed by atoms with van der Waals surface area (Å²) in [4.78, 5) is 28.5. The molecule has 1 aliphatic heterocycles. The van der Waals surface area contributed by atoms with E-state index in [9.17, 15) is 14.0 Å². The molecule has 1 aliphatic rings. The lowest BCUT2D eigenvalue weighted by Gasteiger charge is -2.28. The van der Waals surface area contributed by atoms with E-state index in [1.165, 1.54) is 24.1 Å². The van der Waals surface area contributed by atoms with Crippen molar-refractivity contribution >= 4 is 52.3 Å². The molecule has 2 aromatic rings. The summed E-state index contributed by atoms with van der Waals surface area (Å²) in [5.74, 6) is -0.903. The van der Waals surface area contributed by atoms with E-state index >= 15 is 0 Å². The number of fused-ring (bicyclic) bond motifs is 1. The standard InChI is InChI=1S/C21H22Cl2FN3O3/c1-21(2,3)30-20(29)25-16-11-27(15-8-12(22)7-13(23)9-15)17-6-5-14(24)10-18(17)26(4)19(16)28/h5-10,16H,11H2,1-4H3,(H,25,29)/t16-/m1/s1. The Hall–Kier alpha value is -2.51. The number of carbonyl (C=O) groups is 2. The van der Waals surface area contributed by atoms with Crippen LogP contribution < -0.4 is 15.1 Å². The molecule has 0 saturated carbocycles. The van der Waals surface area contributed by atoms with Gasteiger partial charge in [0.15, 0.2) is 0 Å². The van der Waals surface area contributed by atoms with Crippen LogP contribution >= 0.6 is 23.2 Å². The fraction of sp³-hybridized carbons (Fsp3) is 0.333. The Bertz CT molecular complexity index is 974. The van der Waals surface area contributed by atoms with E-state index in [2.05, 4.69) is 5.32 Å². The second-order valence-corrected chi connectivity index (χ2v) is 8.84. The summed E-state index contributed by atoms with van der Waals surface area (Å²) in [7, 11) is 1.53. The minimum atomic E-state index is -0.960. The number of halogens is 3. The third-order valence-corrected chi connectivity index (χ3v) is 4.87. The number of rotatable bonds is 2. The molecule has 2 aromatic carbocycles. The van der Waals surface area contributed by atoms with Crippen LogP contribution in [-0.4, -0.2) is 37.2 Å². The highest BCUT2D eigenvalue weighted by atomic mass is 35.5. The highest BCUT2D eigenvalue weighted by Gasteiger charge is 2.35. The first-order chi connectivity index (χ1) is 13.9. The summed E-state index contributed by atoms with van der Waals surface area (Å²) in [6.07, 6.45) is -0.726. The van der Waals surface area contributed by atoms with Gasteiger partial charge in [-0.05, 0) is 57.2 Å². The monoisotopic (exact) mass is 453 g/mol. The zero-order chi connectivity index (χ0) is 22.2. The van der Waals surface area contributed by atoms with Crippen molar-refractivity contribution in [3.8, 4) is 0 Å². The topological polar surface area (TPSA) is 61.9 Å². The van der Waals surface area contributed by atoms with Gasteiger partial charge in [0.05, 0.1) is 17.9 Å². The van der Waals surface area contributed by atoms with Gasteiger partial charge in [-0.25, -0.2) is 9.18 Å². The molecule has 0 radical (unpaired) electrons. The molecule has 6 nitrogen and oxygen atoms in total. The first-order valence-corrected chi connectivity index (χ1v) is 10.0. The van der Waals surface area contributed by atoms with Gasteiger partial charge < -0.3 is 19.9 Å². The van der Waals surface area contributed by atoms with Gasteiger partial charge in [0.25, 0.3) is 5.91 Å². The Balaban J connectivity index is 2.06. The largest absolute Gasteiger partial charge is 0.444 e. The third-order valence-electron chi connectivity index (χ3n) is 4.43. The molecule has 0 unspecified atom stereocenters. The molecule has 1 heterocycles. The van der Waals surface area contributed by atoms with Crippen LogP contribution in [0.15, 0.2) is 36.4 Å². The van der Waals surface area contributed by atoms with Crippen LogP contribution in [0.25, 0.3) is 0 Å². The maximum atomic E-state index is 14.0. The Morgan fingerprint density at radius 1 is 1.13 bits per heavy atom. The lowest BCUT2D eigenvalue weighted by molar-refractivity contribution is -0.120. The highest BCUT2D eigenvalue weighted by molar-refractivity contribution is 6.35. The van der Waals surface area contributed by atoms with E-state index in [0.29, 0.717) is 27.1 Å². The lowest BCUT2D eigenvalue weighted by atomic mass is 10.2. The van der Waals surface area contributed by atoms with E-state index in [1.807, 2.05) is 0 Å². The summed E-state index contributed by atoms with van der Waals surface area (Å²) in [5, 5.41) is 3.43. The first kappa shape index (κ1) is 22.2. The van der Waals surface area contributed by atoms with E-state index in [0.717, 1.165) is 0 Å². The number of amides is 2. The second-order valence-electron chi connectivity index (χ2n) is 7.97. The van der Waals surface area contributed by atoms with Crippen molar-refractivity contribution in [2.24, 2.45) is 0 Å². The first-order valence-electron chi connectivity index (χ1n) is 9.25. The van der Waals surface area contributed by atoms with Crippen LogP contribution in [0.3, 0.4) is 0 Å². The Kier molecular flexibility index (Phi) is 6.15. The van der Waals surface area contributed by atoms with Crippen LogP contribution in [0.4, 0.5) is 26.2 Å². The number of hydrogen-bond donors (Lipinski definition) is 1. The normalized spacial score (nSPS) is 16.8. The predicted octanol–water partition coefficient (Wildman–Crippen LogP) is 5.14. The molecule has 0 aliphatic carbocycles. The zero-order valence-corrected chi connectivity index (χ0v) is 18.5. The van der Waals surface area contributed by atoms with Crippen LogP contribution in [0.2, 0.25) is 10.0 Å². The van der Waals surface area contributed by atoms with Crippen molar-refractivity contribution in [1.82, 2.24) is 5.32 Å². The van der Waals surface area contributed by atoms with Gasteiger partial charge in [-0.1, -0.05) is 23.2 Å². The van der Waals surface area contributed by atoms with Crippen molar-refractivity contribution in [2.45, 2.75) is 32.4 Å². The van der Waals surface area contributed by atoms with E-state index < -0.39 is 29.5 Å². The minimum Gasteiger partial charge on any atom is -0.444 e. The molecule has 1 atom stereocenters. The van der Waals surface area contributed by atoms with Crippen LogP contribution in [0, 0.1) is 5.82 Å². The Morgan fingerprint density at radius 2 is 1.77 bits per heavy atom. The summed E-state index contributed by atoms with van der Waals surface area (Å²) < 4.78 is 19.3. The highest BCUT2D eigenvalue weighted by Crippen LogP contribution is 2.39. The molecule has 30 heavy (non-hydrogen) atoms. The molecule has 0 saturated heterocycles. The summed E-state index contributed by atoms with van der Waals surface area (Å²) >= 11 is 12.3. The van der Waals surface area contributed by atoms with Gasteiger partial charge in [0, 0.05) is 22.8 Å². The number of benzene rings is 2. The van der Waals surface area contributed by atoms with Crippen LogP contribution in [0.1, 0.15) is 20.8 Å². The second kappa shape index (κ2) is 8.32. The smallest absolute Gasteiger partial charge is 0.408 e. The molecule has 0 aromatic heterocycles. The van der Waals surface area contributed by atoms with E-state index in [-0.39, 0.29) is 6.54 Å². The number of carbonyl (C=O) groups excluding carboxylic acids is 2. The van der Waals surface area contributed by atoms with Crippen molar-refractivity contribution < 1.29 is 18.7 Å². The fourth-order valence-corrected chi connectivity index (χ4v) is 3.72. The minimum absolute atomic E-state index is 0.0672. The molecular weight excluding hydrogens is 432 g/mol. The number of nitrogens with zero attached hydrogens (tertiary/aromatic N) is 2.